The number of ether oxygens (including phenoxy) is 2. The van der Waals surface area contributed by atoms with Crippen LogP contribution in [0.3, 0.4) is 0 Å². The highest BCUT2D eigenvalue weighted by Gasteiger charge is 2.32. The predicted molar refractivity (Wildman–Crippen MR) is 166 cm³/mol. The number of nitrogens with zero attached hydrogens (tertiary/aromatic N) is 1. The number of benzene rings is 2. The molecular weight excluding hydrogens is 546 g/mol. The molecule has 2 aromatic rings. The lowest BCUT2D eigenvalue weighted by Gasteiger charge is -2.32. The zero-order valence-electron chi connectivity index (χ0n) is 25.7. The molecule has 0 bridgehead atoms. The SMILES string of the molecule is Cc1cccc(C[C@H]2NCCOc3ccccc3CCCNC(=O)[C@H](CN3CCOCC3)NC(=O)[C@@H](C(C)C)NC2=O)c1. The Kier molecular flexibility index (Phi) is 12.4. The fourth-order valence-corrected chi connectivity index (χ4v) is 5.48. The molecule has 2 heterocycles. The highest BCUT2D eigenvalue weighted by Crippen LogP contribution is 2.19. The van der Waals surface area contributed by atoms with Crippen molar-refractivity contribution in [1.82, 2.24) is 26.2 Å². The van der Waals surface area contributed by atoms with Crippen LogP contribution in [0.15, 0.2) is 48.5 Å². The first-order valence-corrected chi connectivity index (χ1v) is 15.5. The van der Waals surface area contributed by atoms with Gasteiger partial charge in [0.1, 0.15) is 24.4 Å². The molecular formula is C33H47N5O5. The van der Waals surface area contributed by atoms with Crippen LogP contribution in [0.25, 0.3) is 0 Å². The van der Waals surface area contributed by atoms with E-state index in [0.717, 1.165) is 35.3 Å². The van der Waals surface area contributed by atoms with Crippen LogP contribution in [-0.4, -0.2) is 93.3 Å². The monoisotopic (exact) mass is 593 g/mol. The van der Waals surface area contributed by atoms with Crippen LogP contribution in [0.2, 0.25) is 0 Å². The Morgan fingerprint density at radius 2 is 1.67 bits per heavy atom. The van der Waals surface area contributed by atoms with Gasteiger partial charge in [0.2, 0.25) is 17.7 Å². The molecule has 1 fully saturated rings. The Morgan fingerprint density at radius 3 is 2.44 bits per heavy atom. The molecule has 4 N–H and O–H groups in total. The van der Waals surface area contributed by atoms with Crippen molar-refractivity contribution < 1.29 is 23.9 Å². The molecule has 234 valence electrons. The van der Waals surface area contributed by atoms with Gasteiger partial charge < -0.3 is 30.7 Å². The third kappa shape index (κ3) is 10.0. The second-order valence-corrected chi connectivity index (χ2v) is 11.8. The van der Waals surface area contributed by atoms with Gasteiger partial charge in [0, 0.05) is 32.7 Å². The summed E-state index contributed by atoms with van der Waals surface area (Å²) in [6.07, 6.45) is 1.92. The van der Waals surface area contributed by atoms with E-state index < -0.39 is 18.1 Å². The first-order valence-electron chi connectivity index (χ1n) is 15.5. The quantitative estimate of drug-likeness (QED) is 0.416. The van der Waals surface area contributed by atoms with E-state index in [2.05, 4.69) is 32.2 Å². The molecule has 2 aliphatic heterocycles. The summed E-state index contributed by atoms with van der Waals surface area (Å²) in [6, 6.07) is 13.8. The molecule has 2 aromatic carbocycles. The van der Waals surface area contributed by atoms with Crippen molar-refractivity contribution in [2.24, 2.45) is 5.92 Å². The molecule has 0 aliphatic carbocycles. The number of carbonyl (C=O) groups is 3. The molecule has 3 amide bonds. The van der Waals surface area contributed by atoms with Gasteiger partial charge in [0.25, 0.3) is 0 Å². The van der Waals surface area contributed by atoms with Crippen molar-refractivity contribution in [2.45, 2.75) is 58.2 Å². The Bertz CT molecular complexity index is 1220. The summed E-state index contributed by atoms with van der Waals surface area (Å²) in [6.45, 7) is 10.0. The summed E-state index contributed by atoms with van der Waals surface area (Å²) >= 11 is 0. The van der Waals surface area contributed by atoms with E-state index >= 15 is 0 Å². The number of amides is 3. The Balaban J connectivity index is 1.57. The van der Waals surface area contributed by atoms with Crippen LogP contribution in [0.1, 0.15) is 37.0 Å². The Hall–Kier alpha value is -3.47. The Labute approximate surface area is 255 Å². The standard InChI is InChI=1S/C33H47N5O5/c1-23(2)30-33(41)36-28(22-38-15-18-42-19-16-38)31(39)35-13-7-11-26-10-4-5-12-29(26)43-17-14-34-27(32(40)37-30)21-25-9-6-8-24(3)20-25/h4-6,8-10,12,20,23,27-28,30,34H,7,11,13-19,21-22H2,1-3H3,(H,35,39)(H,36,41)(H,37,40)/t27-,28+,30-/m1/s1. The van der Waals surface area contributed by atoms with Gasteiger partial charge in [-0.05, 0) is 49.3 Å². The summed E-state index contributed by atoms with van der Waals surface area (Å²) in [5, 5.41) is 12.3. The van der Waals surface area contributed by atoms with Gasteiger partial charge >= 0.3 is 0 Å². The number of para-hydroxylation sites is 1. The lowest BCUT2D eigenvalue weighted by atomic mass is 10.00. The molecule has 0 spiro atoms. The van der Waals surface area contributed by atoms with Gasteiger partial charge in [-0.3, -0.25) is 19.3 Å². The number of fused-ring (bicyclic) bond motifs is 1. The van der Waals surface area contributed by atoms with Crippen molar-refractivity contribution in [3.8, 4) is 5.75 Å². The molecule has 1 saturated heterocycles. The third-order valence-electron chi connectivity index (χ3n) is 7.91. The summed E-state index contributed by atoms with van der Waals surface area (Å²) in [7, 11) is 0. The smallest absolute Gasteiger partial charge is 0.243 e. The van der Waals surface area contributed by atoms with Crippen molar-refractivity contribution in [1.29, 1.82) is 0 Å². The number of morpholine rings is 1. The number of carbonyl (C=O) groups excluding carboxylic acids is 3. The van der Waals surface area contributed by atoms with E-state index in [1.165, 1.54) is 0 Å². The van der Waals surface area contributed by atoms with Crippen molar-refractivity contribution in [3.63, 3.8) is 0 Å². The highest BCUT2D eigenvalue weighted by atomic mass is 16.5. The van der Waals surface area contributed by atoms with Gasteiger partial charge in [-0.15, -0.1) is 0 Å². The number of hydrogen-bond acceptors (Lipinski definition) is 7. The second kappa shape index (κ2) is 16.4. The number of hydrogen-bond donors (Lipinski definition) is 4. The van der Waals surface area contributed by atoms with E-state index in [1.54, 1.807) is 0 Å². The fourth-order valence-electron chi connectivity index (χ4n) is 5.48. The molecule has 0 unspecified atom stereocenters. The topological polar surface area (TPSA) is 121 Å². The zero-order valence-corrected chi connectivity index (χ0v) is 25.7. The lowest BCUT2D eigenvalue weighted by molar-refractivity contribution is -0.134. The van der Waals surface area contributed by atoms with E-state index in [-0.39, 0.29) is 23.6 Å². The lowest BCUT2D eigenvalue weighted by Crippen LogP contribution is -2.60. The first kappa shape index (κ1) is 32.4. The summed E-state index contributed by atoms with van der Waals surface area (Å²) in [4.78, 5) is 42.9. The van der Waals surface area contributed by atoms with Crippen LogP contribution in [0.4, 0.5) is 0 Å². The molecule has 43 heavy (non-hydrogen) atoms. The highest BCUT2D eigenvalue weighted by molar-refractivity contribution is 5.93. The molecule has 2 aliphatic rings. The molecule has 0 saturated carbocycles. The van der Waals surface area contributed by atoms with Crippen LogP contribution in [0.5, 0.6) is 5.75 Å². The van der Waals surface area contributed by atoms with Crippen molar-refractivity contribution in [2.75, 3.05) is 52.5 Å². The first-order chi connectivity index (χ1) is 20.8. The number of aryl methyl sites for hydroxylation is 2. The number of nitrogens with one attached hydrogen (secondary N) is 4. The van der Waals surface area contributed by atoms with E-state index in [1.807, 2.05) is 63.2 Å². The average Bonchev–Trinajstić information content (AvgIpc) is 2.99. The minimum absolute atomic E-state index is 0.193. The average molecular weight is 594 g/mol. The minimum Gasteiger partial charge on any atom is -0.492 e. The maximum absolute atomic E-state index is 13.7. The molecule has 4 rings (SSSR count). The van der Waals surface area contributed by atoms with E-state index in [4.69, 9.17) is 9.47 Å². The second-order valence-electron chi connectivity index (χ2n) is 11.8. The molecule has 0 aromatic heterocycles. The van der Waals surface area contributed by atoms with Gasteiger partial charge in [-0.25, -0.2) is 0 Å². The molecule has 3 atom stereocenters. The number of rotatable bonds is 5. The van der Waals surface area contributed by atoms with Crippen LogP contribution in [-0.2, 0) is 32.0 Å². The predicted octanol–water partition coefficient (Wildman–Crippen LogP) is 1.59. The van der Waals surface area contributed by atoms with E-state index in [9.17, 15) is 14.4 Å². The van der Waals surface area contributed by atoms with Crippen LogP contribution in [0, 0.1) is 12.8 Å². The van der Waals surface area contributed by atoms with Crippen LogP contribution < -0.4 is 26.0 Å². The summed E-state index contributed by atoms with van der Waals surface area (Å²) in [5.74, 6) is -0.274. The largest absolute Gasteiger partial charge is 0.492 e. The van der Waals surface area contributed by atoms with Crippen molar-refractivity contribution in [3.05, 3.63) is 65.2 Å². The zero-order chi connectivity index (χ0) is 30.6. The van der Waals surface area contributed by atoms with E-state index in [0.29, 0.717) is 59.0 Å². The van der Waals surface area contributed by atoms with Crippen LogP contribution >= 0.6 is 0 Å². The van der Waals surface area contributed by atoms with Gasteiger partial charge in [0.15, 0.2) is 0 Å². The van der Waals surface area contributed by atoms with Gasteiger partial charge in [0.05, 0.1) is 19.3 Å². The molecule has 0 radical (unpaired) electrons. The van der Waals surface area contributed by atoms with Crippen molar-refractivity contribution >= 4 is 17.7 Å². The van der Waals surface area contributed by atoms with Gasteiger partial charge in [-0.2, -0.15) is 0 Å². The summed E-state index contributed by atoms with van der Waals surface area (Å²) < 4.78 is 11.6. The minimum atomic E-state index is -0.809. The normalized spacial score (nSPS) is 23.6. The fraction of sp³-hybridized carbons (Fsp3) is 0.545. The third-order valence-corrected chi connectivity index (χ3v) is 7.91. The van der Waals surface area contributed by atoms with Gasteiger partial charge in [-0.1, -0.05) is 61.9 Å². The maximum atomic E-state index is 13.7. The maximum Gasteiger partial charge on any atom is 0.243 e. The molecule has 10 nitrogen and oxygen atoms in total. The Morgan fingerprint density at radius 1 is 0.884 bits per heavy atom. The molecule has 10 heteroatoms. The summed E-state index contributed by atoms with van der Waals surface area (Å²) in [5.41, 5.74) is 3.20.